The number of amides is 2. The highest BCUT2D eigenvalue weighted by Gasteiger charge is 2.47. The number of benzene rings is 5. The van der Waals surface area contributed by atoms with Crippen molar-refractivity contribution in [3.05, 3.63) is 247 Å². The minimum absolute atomic E-state index is 0.0202. The summed E-state index contributed by atoms with van der Waals surface area (Å²) >= 11 is 31.1. The summed E-state index contributed by atoms with van der Waals surface area (Å²) < 4.78 is 145. The number of nitrogens with one attached hydrogen (secondary N) is 1. The molecule has 0 spiro atoms. The molecule has 0 saturated carbocycles. The second-order valence-electron chi connectivity index (χ2n) is 31.5. The standard InChI is InChI=1S/C18H21ClN2O3S.C17H19ClN2O3S.C16H15ClF3NO2S.C16H18ClNO2S.C16H18ClNOS/c1-18(2,3)16-8-6-7-15(20-16)13-11-12(9-10-14(13)19)17(22)21(4)25(5,23)24;1-17(2,3)15-7-5-6-14(19-15)12-10-11(8-9-13(12)18)16(21)20-24(4,22)23;1-15(2,3)14-6-4-5-13(21-14)11-9-10(7-8-12(11)17)24(22,23)16(18,19)20;1-16(2,3)15-7-5-6-14(18-15)12-10-11(21(4,19)20)8-9-13(12)17;1-16(2,3)15-7-5-6-14(18-15)12-10-11(20(4)19)8-9-13(12)17/h6-11H,1-5H3;5-10H,1-4H3,(H,20,21);4-9H,1-3H3;5-10H,1-4H3;5-10H,1-4H3. The van der Waals surface area contributed by atoms with Gasteiger partial charge in [0.1, 0.15) is 0 Å². The average Bonchev–Trinajstić information content (AvgIpc) is 0.760. The fourth-order valence-electron chi connectivity index (χ4n) is 10.1. The summed E-state index contributed by atoms with van der Waals surface area (Å²) in [6.07, 6.45) is 4.75. The molecule has 31 heteroatoms. The minimum atomic E-state index is -5.45. The van der Waals surface area contributed by atoms with Gasteiger partial charge in [0.05, 0.1) is 75.9 Å². The number of nitrogens with zero attached hydrogens (tertiary/aromatic N) is 6. The highest BCUT2D eigenvalue weighted by Crippen LogP contribution is 2.39. The van der Waals surface area contributed by atoms with Gasteiger partial charge in [-0.05, 0) is 152 Å². The number of hydrogen-bond donors (Lipinski definition) is 1. The predicted molar refractivity (Wildman–Crippen MR) is 455 cm³/mol. The molecule has 2 amide bonds. The van der Waals surface area contributed by atoms with E-state index in [0.717, 1.165) is 69.6 Å². The molecule has 1 unspecified atom stereocenters. The van der Waals surface area contributed by atoms with Gasteiger partial charge in [-0.2, -0.15) is 13.2 Å². The zero-order chi connectivity index (χ0) is 86.2. The van der Waals surface area contributed by atoms with Crippen LogP contribution < -0.4 is 4.72 Å². The van der Waals surface area contributed by atoms with E-state index in [0.29, 0.717) is 69.6 Å². The van der Waals surface area contributed by atoms with Crippen LogP contribution in [-0.4, -0.2) is 116 Å². The zero-order valence-corrected chi connectivity index (χ0v) is 74.4. The molecule has 0 fully saturated rings. The van der Waals surface area contributed by atoms with Crippen molar-refractivity contribution in [2.45, 2.75) is 151 Å². The minimum Gasteiger partial charge on any atom is -0.268 e. The molecule has 5 heterocycles. The Balaban J connectivity index is 0.000000222. The van der Waals surface area contributed by atoms with Gasteiger partial charge >= 0.3 is 5.51 Å². The number of hydrogen-bond acceptors (Lipinski definition) is 16. The second kappa shape index (κ2) is 37.1. The Hall–Kier alpha value is -8.02. The topological polar surface area (TPSA) is 267 Å². The lowest BCUT2D eigenvalue weighted by Gasteiger charge is -2.19. The Morgan fingerprint density at radius 3 is 0.947 bits per heavy atom. The first-order chi connectivity index (χ1) is 52.1. The zero-order valence-electron chi connectivity index (χ0n) is 66.6. The van der Waals surface area contributed by atoms with Gasteiger partial charge in [-0.3, -0.25) is 38.7 Å². The summed E-state index contributed by atoms with van der Waals surface area (Å²) in [7, 11) is -15.8. The predicted octanol–water partition coefficient (Wildman–Crippen LogP) is 20.7. The number of alkyl halides is 3. The number of sulfonamides is 2. The van der Waals surface area contributed by atoms with E-state index in [9.17, 15) is 60.6 Å². The third kappa shape index (κ3) is 26.2. The van der Waals surface area contributed by atoms with Gasteiger partial charge in [0.25, 0.3) is 21.7 Å². The number of pyridine rings is 5. The Kier molecular flexibility index (Phi) is 30.8. The number of aromatic nitrogens is 5. The van der Waals surface area contributed by atoms with Gasteiger partial charge in [-0.15, -0.1) is 0 Å². The monoisotopic (exact) mass is 1750 g/mol. The van der Waals surface area contributed by atoms with Crippen molar-refractivity contribution in [1.29, 1.82) is 0 Å². The summed E-state index contributed by atoms with van der Waals surface area (Å²) in [4.78, 5) is 47.5. The van der Waals surface area contributed by atoms with Gasteiger partial charge in [-0.1, -0.05) is 192 Å². The molecule has 0 aliphatic carbocycles. The smallest absolute Gasteiger partial charge is 0.268 e. The lowest BCUT2D eigenvalue weighted by atomic mass is 9.91. The van der Waals surface area contributed by atoms with Crippen LogP contribution in [0.15, 0.2) is 197 Å². The molecule has 610 valence electrons. The Morgan fingerprint density at radius 1 is 0.386 bits per heavy atom. The first kappa shape index (κ1) is 94.8. The molecular weight excluding hydrogens is 1670 g/mol. The molecule has 0 aliphatic rings. The Labute approximate surface area is 695 Å². The highest BCUT2D eigenvalue weighted by atomic mass is 35.5. The van der Waals surface area contributed by atoms with Crippen molar-refractivity contribution in [3.8, 4) is 56.3 Å². The first-order valence-electron chi connectivity index (χ1n) is 34.8. The van der Waals surface area contributed by atoms with E-state index in [-0.39, 0.29) is 53.7 Å². The lowest BCUT2D eigenvalue weighted by molar-refractivity contribution is -0.0436. The summed E-state index contributed by atoms with van der Waals surface area (Å²) in [5.74, 6) is -1.32. The van der Waals surface area contributed by atoms with Crippen molar-refractivity contribution in [2.75, 3.05) is 32.1 Å². The molecule has 0 radical (unpaired) electrons. The number of carbonyl (C=O) groups excluding carboxylic acids is 2. The average molecular weight is 1760 g/mol. The maximum atomic E-state index is 12.7. The molecule has 0 bridgehead atoms. The largest absolute Gasteiger partial charge is 0.501 e. The first-order valence-corrected chi connectivity index (χ1v) is 45.4. The van der Waals surface area contributed by atoms with Gasteiger partial charge in [0.15, 0.2) is 9.84 Å². The van der Waals surface area contributed by atoms with Gasteiger partial charge in [0.2, 0.25) is 20.0 Å². The normalized spacial score (nSPS) is 12.6. The molecule has 0 saturated heterocycles. The van der Waals surface area contributed by atoms with Crippen LogP contribution in [0.1, 0.15) is 153 Å². The van der Waals surface area contributed by atoms with Gasteiger partial charge < -0.3 is 0 Å². The summed E-state index contributed by atoms with van der Waals surface area (Å²) in [5, 5.41) is 2.11. The molecule has 1 atom stereocenters. The van der Waals surface area contributed by atoms with E-state index in [4.69, 9.17) is 63.0 Å². The van der Waals surface area contributed by atoms with Crippen LogP contribution in [0.3, 0.4) is 0 Å². The van der Waals surface area contributed by atoms with E-state index < -0.39 is 72.7 Å². The van der Waals surface area contributed by atoms with Crippen LogP contribution in [-0.2, 0) is 77.6 Å². The van der Waals surface area contributed by atoms with Crippen molar-refractivity contribution in [1.82, 2.24) is 33.9 Å². The van der Waals surface area contributed by atoms with Crippen molar-refractivity contribution in [2.24, 2.45) is 0 Å². The van der Waals surface area contributed by atoms with Crippen molar-refractivity contribution >= 4 is 120 Å². The number of sulfone groups is 2. The molecule has 18 nitrogen and oxygen atoms in total. The Morgan fingerprint density at radius 2 is 0.658 bits per heavy atom. The summed E-state index contributed by atoms with van der Waals surface area (Å²) in [5.41, 5.74) is 4.64. The third-order valence-electron chi connectivity index (χ3n) is 16.7. The summed E-state index contributed by atoms with van der Waals surface area (Å²) in [6.45, 7) is 30.7. The van der Waals surface area contributed by atoms with Crippen LogP contribution in [0.25, 0.3) is 56.3 Å². The van der Waals surface area contributed by atoms with E-state index >= 15 is 0 Å². The maximum absolute atomic E-state index is 12.7. The van der Waals surface area contributed by atoms with E-state index in [1.165, 1.54) is 37.6 Å². The molecule has 10 aromatic rings. The Bertz CT molecular complexity index is 5750. The molecule has 0 aliphatic heterocycles. The van der Waals surface area contributed by atoms with Gasteiger partial charge in [-0.25, -0.2) is 42.7 Å². The number of carbonyl (C=O) groups is 2. The summed E-state index contributed by atoms with van der Waals surface area (Å²) in [6, 6.07) is 50.1. The van der Waals surface area contributed by atoms with Crippen LogP contribution in [0.5, 0.6) is 0 Å². The molecule has 10 rings (SSSR count). The van der Waals surface area contributed by atoms with Crippen LogP contribution in [0, 0.1) is 0 Å². The fraction of sp³-hybridized carbons (Fsp3) is 0.313. The molecular formula is C83H91Cl5F3N7O11S5. The van der Waals surface area contributed by atoms with E-state index in [2.05, 4.69) is 103 Å². The van der Waals surface area contributed by atoms with Crippen LogP contribution in [0.2, 0.25) is 25.1 Å². The van der Waals surface area contributed by atoms with Crippen molar-refractivity contribution in [3.63, 3.8) is 0 Å². The van der Waals surface area contributed by atoms with E-state index in [1.54, 1.807) is 73.0 Å². The van der Waals surface area contributed by atoms with Crippen molar-refractivity contribution < 1.29 is 60.6 Å². The number of rotatable bonds is 12. The number of halogens is 8. The highest BCUT2D eigenvalue weighted by molar-refractivity contribution is 7.92. The van der Waals surface area contributed by atoms with Gasteiger partial charge in [0, 0.05) is 130 Å². The molecule has 5 aromatic heterocycles. The fourth-order valence-corrected chi connectivity index (χ4v) is 14.0. The van der Waals surface area contributed by atoms with E-state index in [1.807, 2.05) is 98.3 Å². The molecule has 114 heavy (non-hydrogen) atoms. The van der Waals surface area contributed by atoms with Crippen LogP contribution in [0.4, 0.5) is 13.2 Å². The maximum Gasteiger partial charge on any atom is 0.501 e. The van der Waals surface area contributed by atoms with Crippen LogP contribution >= 0.6 is 58.0 Å². The lowest BCUT2D eigenvalue weighted by Crippen LogP contribution is -2.32. The molecule has 5 aromatic carbocycles. The quantitative estimate of drug-likeness (QED) is 0.119. The molecule has 1 N–H and O–H groups in total. The second-order valence-corrected chi connectivity index (χ2v) is 42.7. The third-order valence-corrected chi connectivity index (χ3v) is 23.5. The SMILES string of the molecule is CC(C)(C)c1cccc(-c2cc(C(=O)NS(C)(=O)=O)ccc2Cl)n1.CC(C)(C)c1cccc(-c2cc(S(=O)(=O)C(F)(F)F)ccc2Cl)n1.CC(C)(C)c1cccc(-c2cc(S(C)(=O)=O)ccc2Cl)n1.CN(C(=O)c1ccc(Cl)c(-c2cccc(C(C)(C)C)n2)c1)S(C)(=O)=O.CS(=O)c1ccc(Cl)c(-c2cccc(C(C)(C)C)n2)c1.